The summed E-state index contributed by atoms with van der Waals surface area (Å²) >= 11 is 0. The molecule has 0 radical (unpaired) electrons. The maximum absolute atomic E-state index is 13.8. The van der Waals surface area contributed by atoms with Crippen molar-refractivity contribution in [2.75, 3.05) is 38.6 Å². The molecule has 2 aliphatic heterocycles. The average molecular weight is 531 g/mol. The molecule has 1 N–H and O–H groups in total. The molecule has 3 aromatic rings. The fraction of sp³-hybridized carbons (Fsp3) is 0.581. The van der Waals surface area contributed by atoms with Crippen molar-refractivity contribution in [3.63, 3.8) is 0 Å². The van der Waals surface area contributed by atoms with Gasteiger partial charge >= 0.3 is 0 Å². The number of pyridine rings is 1. The Bertz CT molecular complexity index is 1260. The monoisotopic (exact) mass is 530 g/mol. The highest BCUT2D eigenvalue weighted by atomic mass is 16.5. The van der Waals surface area contributed by atoms with Crippen molar-refractivity contribution in [3.05, 3.63) is 42.1 Å². The predicted molar refractivity (Wildman–Crippen MR) is 155 cm³/mol. The number of carbonyl (C=O) groups excluding carboxylic acids is 1. The van der Waals surface area contributed by atoms with Gasteiger partial charge in [0.25, 0.3) is 5.91 Å². The predicted octanol–water partition coefficient (Wildman–Crippen LogP) is 5.85. The van der Waals surface area contributed by atoms with Crippen molar-refractivity contribution in [3.8, 4) is 5.75 Å². The molecule has 3 fully saturated rings. The number of nitrogens with one attached hydrogen (secondary N) is 1. The van der Waals surface area contributed by atoms with E-state index >= 15 is 0 Å². The van der Waals surface area contributed by atoms with E-state index in [1.807, 2.05) is 36.4 Å². The second-order valence-electron chi connectivity index (χ2n) is 11.5. The number of hydrogen-bond donors (Lipinski definition) is 1. The van der Waals surface area contributed by atoms with Gasteiger partial charge in [0, 0.05) is 24.8 Å². The quantitative estimate of drug-likeness (QED) is 0.394. The molecular formula is C31H42N6O2. The summed E-state index contributed by atoms with van der Waals surface area (Å²) in [5, 5.41) is 3.50. The number of benzene rings is 1. The summed E-state index contributed by atoms with van der Waals surface area (Å²) in [6, 6.07) is 12.1. The first kappa shape index (κ1) is 26.1. The number of amides is 1. The van der Waals surface area contributed by atoms with Gasteiger partial charge in [-0.2, -0.15) is 0 Å². The van der Waals surface area contributed by atoms with Gasteiger partial charge in [-0.3, -0.25) is 9.36 Å². The highest BCUT2D eigenvalue weighted by molar-refractivity contribution is 5.94. The molecule has 39 heavy (non-hydrogen) atoms. The van der Waals surface area contributed by atoms with Crippen LogP contribution in [0.2, 0.25) is 0 Å². The first-order valence-electron chi connectivity index (χ1n) is 15.0. The molecule has 2 saturated heterocycles. The summed E-state index contributed by atoms with van der Waals surface area (Å²) in [5.41, 5.74) is 3.08. The summed E-state index contributed by atoms with van der Waals surface area (Å²) < 4.78 is 7.49. The Kier molecular flexibility index (Phi) is 8.00. The standard InChI is InChI=1S/C31H42N6O2/c1-39-25-14-12-24(13-15-25)32-31-34-26-16-17-27(30(38)36-21-7-10-23-9-3-4-11-28(23)36)33-29(26)37(31)22-8-20-35-18-5-2-6-19-35/h12-17,23,28H,2-11,18-22H2,1H3,(H,32,34). The highest BCUT2D eigenvalue weighted by Crippen LogP contribution is 2.36. The summed E-state index contributed by atoms with van der Waals surface area (Å²) in [6.07, 6.45) is 12.2. The first-order valence-corrected chi connectivity index (χ1v) is 15.0. The minimum Gasteiger partial charge on any atom is -0.497 e. The maximum atomic E-state index is 13.8. The third-order valence-electron chi connectivity index (χ3n) is 8.97. The van der Waals surface area contributed by atoms with Gasteiger partial charge in [-0.15, -0.1) is 0 Å². The number of methoxy groups -OCH3 is 1. The van der Waals surface area contributed by atoms with Crippen LogP contribution in [0.3, 0.4) is 0 Å². The van der Waals surface area contributed by atoms with E-state index in [-0.39, 0.29) is 5.91 Å². The molecule has 1 saturated carbocycles. The Morgan fingerprint density at radius 2 is 1.69 bits per heavy atom. The molecule has 208 valence electrons. The molecule has 0 spiro atoms. The molecule has 3 aliphatic rings. The van der Waals surface area contributed by atoms with Gasteiger partial charge in [0.1, 0.15) is 17.0 Å². The number of aromatic nitrogens is 3. The third kappa shape index (κ3) is 5.76. The number of piperidine rings is 2. The summed E-state index contributed by atoms with van der Waals surface area (Å²) in [7, 11) is 1.67. The van der Waals surface area contributed by atoms with Crippen LogP contribution in [0.5, 0.6) is 5.75 Å². The number of anilines is 2. The van der Waals surface area contributed by atoms with Crippen LogP contribution < -0.4 is 10.1 Å². The van der Waals surface area contributed by atoms with Crippen molar-refractivity contribution < 1.29 is 9.53 Å². The van der Waals surface area contributed by atoms with E-state index in [0.717, 1.165) is 67.4 Å². The lowest BCUT2D eigenvalue weighted by Gasteiger charge is -2.44. The normalized spacial score (nSPS) is 22.0. The van der Waals surface area contributed by atoms with E-state index in [4.69, 9.17) is 14.7 Å². The summed E-state index contributed by atoms with van der Waals surface area (Å²) in [4.78, 5) is 28.4. The van der Waals surface area contributed by atoms with E-state index in [1.54, 1.807) is 7.11 Å². The number of fused-ring (bicyclic) bond motifs is 2. The second kappa shape index (κ2) is 11.9. The Morgan fingerprint density at radius 3 is 2.51 bits per heavy atom. The van der Waals surface area contributed by atoms with Crippen molar-refractivity contribution in [2.45, 2.75) is 76.8 Å². The van der Waals surface area contributed by atoms with Crippen LogP contribution in [0.15, 0.2) is 36.4 Å². The zero-order valence-corrected chi connectivity index (χ0v) is 23.3. The average Bonchev–Trinajstić information content (AvgIpc) is 3.33. The van der Waals surface area contributed by atoms with Crippen LogP contribution in [0, 0.1) is 5.92 Å². The Labute approximate surface area is 231 Å². The summed E-state index contributed by atoms with van der Waals surface area (Å²) in [5.74, 6) is 2.31. The zero-order chi connectivity index (χ0) is 26.6. The largest absolute Gasteiger partial charge is 0.497 e. The van der Waals surface area contributed by atoms with Gasteiger partial charge in [0.2, 0.25) is 5.95 Å². The molecule has 2 atom stereocenters. The number of carbonyl (C=O) groups is 1. The van der Waals surface area contributed by atoms with Gasteiger partial charge in [0.15, 0.2) is 5.65 Å². The minimum absolute atomic E-state index is 0.0826. The molecule has 8 nitrogen and oxygen atoms in total. The van der Waals surface area contributed by atoms with E-state index in [1.165, 1.54) is 58.0 Å². The minimum atomic E-state index is 0.0826. The Balaban J connectivity index is 1.27. The summed E-state index contributed by atoms with van der Waals surface area (Å²) in [6.45, 7) is 5.09. The van der Waals surface area contributed by atoms with Crippen LogP contribution in [0.4, 0.5) is 11.6 Å². The van der Waals surface area contributed by atoms with Crippen LogP contribution in [0.1, 0.15) is 74.7 Å². The molecule has 2 aromatic heterocycles. The number of rotatable bonds is 8. The van der Waals surface area contributed by atoms with E-state index in [2.05, 4.69) is 19.7 Å². The van der Waals surface area contributed by atoms with Crippen LogP contribution in [-0.2, 0) is 6.54 Å². The van der Waals surface area contributed by atoms with Gasteiger partial charge < -0.3 is 19.9 Å². The smallest absolute Gasteiger partial charge is 0.272 e. The number of nitrogens with zero attached hydrogens (tertiary/aromatic N) is 5. The SMILES string of the molecule is COc1ccc(Nc2nc3ccc(C(=O)N4CCCC5CCCCC54)nc3n2CCCN2CCCCC2)cc1. The zero-order valence-electron chi connectivity index (χ0n) is 23.3. The molecule has 8 heteroatoms. The van der Waals surface area contributed by atoms with Crippen molar-refractivity contribution in [1.82, 2.24) is 24.3 Å². The fourth-order valence-electron chi connectivity index (χ4n) is 6.89. The number of likely N-dealkylation sites (tertiary alicyclic amines) is 2. The molecule has 1 aliphatic carbocycles. The maximum Gasteiger partial charge on any atom is 0.272 e. The Morgan fingerprint density at radius 1 is 0.897 bits per heavy atom. The lowest BCUT2D eigenvalue weighted by atomic mass is 9.78. The van der Waals surface area contributed by atoms with E-state index in [0.29, 0.717) is 17.7 Å². The second-order valence-corrected chi connectivity index (χ2v) is 11.5. The molecule has 2 unspecified atom stereocenters. The third-order valence-corrected chi connectivity index (χ3v) is 8.97. The van der Waals surface area contributed by atoms with Gasteiger partial charge in [-0.25, -0.2) is 9.97 Å². The molecule has 0 bridgehead atoms. The van der Waals surface area contributed by atoms with Crippen molar-refractivity contribution in [2.24, 2.45) is 5.92 Å². The van der Waals surface area contributed by atoms with Crippen molar-refractivity contribution >= 4 is 28.7 Å². The number of aryl methyl sites for hydroxylation is 1. The van der Waals surface area contributed by atoms with Gasteiger partial charge in [0.05, 0.1) is 7.11 Å². The lowest BCUT2D eigenvalue weighted by Crippen LogP contribution is -2.49. The molecular weight excluding hydrogens is 488 g/mol. The Hall–Kier alpha value is -3.13. The fourth-order valence-corrected chi connectivity index (χ4v) is 6.89. The van der Waals surface area contributed by atoms with Crippen molar-refractivity contribution in [1.29, 1.82) is 0 Å². The van der Waals surface area contributed by atoms with Crippen LogP contribution in [-0.4, -0.2) is 69.6 Å². The first-order chi connectivity index (χ1) is 19.2. The van der Waals surface area contributed by atoms with E-state index < -0.39 is 0 Å². The van der Waals surface area contributed by atoms with Gasteiger partial charge in [-0.05, 0) is 107 Å². The molecule has 6 rings (SSSR count). The topological polar surface area (TPSA) is 75.5 Å². The number of imidazole rings is 1. The molecule has 4 heterocycles. The van der Waals surface area contributed by atoms with Crippen LogP contribution in [0.25, 0.3) is 11.2 Å². The lowest BCUT2D eigenvalue weighted by molar-refractivity contribution is 0.0385. The number of ether oxygens (including phenoxy) is 1. The van der Waals surface area contributed by atoms with Crippen LogP contribution >= 0.6 is 0 Å². The molecule has 1 amide bonds. The van der Waals surface area contributed by atoms with Gasteiger partial charge in [-0.1, -0.05) is 19.3 Å². The molecule has 1 aromatic carbocycles. The number of hydrogen-bond acceptors (Lipinski definition) is 6. The van der Waals surface area contributed by atoms with E-state index in [9.17, 15) is 4.79 Å². The highest BCUT2D eigenvalue weighted by Gasteiger charge is 2.36.